The zero-order valence-electron chi connectivity index (χ0n) is 21.1. The number of nitrogens with one attached hydrogen (secondary N) is 2. The van der Waals surface area contributed by atoms with Crippen molar-refractivity contribution in [1.82, 2.24) is 15.1 Å². The van der Waals surface area contributed by atoms with Gasteiger partial charge in [-0.2, -0.15) is 0 Å². The predicted molar refractivity (Wildman–Crippen MR) is 138 cm³/mol. The Hall–Kier alpha value is -3.63. The lowest BCUT2D eigenvalue weighted by molar-refractivity contribution is 0.0627. The van der Waals surface area contributed by atoms with Crippen LogP contribution in [0.2, 0.25) is 0 Å². The molecule has 2 aromatic carbocycles. The van der Waals surface area contributed by atoms with Gasteiger partial charge >= 0.3 is 6.03 Å². The second kappa shape index (κ2) is 11.2. The first-order valence-corrected chi connectivity index (χ1v) is 12.4. The maximum atomic E-state index is 14.6. The summed E-state index contributed by atoms with van der Waals surface area (Å²) in [5.74, 6) is -1.24. The fourth-order valence-corrected chi connectivity index (χ4v) is 4.10. The summed E-state index contributed by atoms with van der Waals surface area (Å²) in [7, 11) is 0. The number of anilines is 1. The first-order valence-electron chi connectivity index (χ1n) is 12.4. The Balaban J connectivity index is 1.28. The third-order valence-corrected chi connectivity index (χ3v) is 6.43. The number of urea groups is 1. The van der Waals surface area contributed by atoms with Gasteiger partial charge in [0.1, 0.15) is 5.82 Å². The van der Waals surface area contributed by atoms with Gasteiger partial charge in [-0.3, -0.25) is 14.5 Å². The molecule has 3 N–H and O–H groups in total. The maximum Gasteiger partial charge on any atom is 0.319 e. The molecule has 0 unspecified atom stereocenters. The highest BCUT2D eigenvalue weighted by Crippen LogP contribution is 2.33. The highest BCUT2D eigenvalue weighted by molar-refractivity contribution is 6.02. The van der Waals surface area contributed by atoms with Crippen LogP contribution in [0.25, 0.3) is 0 Å². The van der Waals surface area contributed by atoms with Crippen molar-refractivity contribution in [2.24, 2.45) is 4.99 Å². The smallest absolute Gasteiger partial charge is 0.319 e. The van der Waals surface area contributed by atoms with Crippen molar-refractivity contribution in [1.29, 1.82) is 0 Å². The van der Waals surface area contributed by atoms with Gasteiger partial charge in [0.05, 0.1) is 11.3 Å². The number of rotatable bonds is 7. The summed E-state index contributed by atoms with van der Waals surface area (Å²) in [6, 6.07) is 10.8. The lowest BCUT2D eigenvalue weighted by Crippen LogP contribution is -2.48. The standard InChI is InChI=1S/C27H32FN5O4/c1-18(2)30-24(34)20-5-3-4-19(14-20)16-32-10-12-33(13-11-32)25(35)21-6-7-23(22(28)15-21)31-26(36)29-17-27(37)8-9-27/h3-7,14-15,37H,8-13,16-17H2,1-2H3,(H2,29,31,36). The Morgan fingerprint density at radius 2 is 1.76 bits per heavy atom. The zero-order chi connectivity index (χ0) is 26.6. The number of hydrogen-bond acceptors (Lipinski definition) is 5. The lowest BCUT2D eigenvalue weighted by atomic mass is 10.1. The summed E-state index contributed by atoms with van der Waals surface area (Å²) in [6.45, 7) is 6.59. The average Bonchev–Trinajstić information content (AvgIpc) is 3.61. The third-order valence-electron chi connectivity index (χ3n) is 6.43. The molecule has 196 valence electrons. The van der Waals surface area contributed by atoms with Crippen LogP contribution >= 0.6 is 0 Å². The van der Waals surface area contributed by atoms with Crippen molar-refractivity contribution in [3.05, 3.63) is 65.0 Å². The lowest BCUT2D eigenvalue weighted by Gasteiger charge is -2.35. The van der Waals surface area contributed by atoms with E-state index in [9.17, 15) is 23.9 Å². The van der Waals surface area contributed by atoms with Crippen LogP contribution in [0.15, 0.2) is 47.5 Å². The number of carbonyl (C=O) groups is 3. The first-order chi connectivity index (χ1) is 17.6. The van der Waals surface area contributed by atoms with E-state index in [-0.39, 0.29) is 29.6 Å². The Morgan fingerprint density at radius 3 is 2.41 bits per heavy atom. The first kappa shape index (κ1) is 26.4. The van der Waals surface area contributed by atoms with Crippen LogP contribution in [0.4, 0.5) is 14.9 Å². The fraction of sp³-hybridized carbons (Fsp3) is 0.407. The number of piperazine rings is 1. The van der Waals surface area contributed by atoms with E-state index in [4.69, 9.17) is 0 Å². The van der Waals surface area contributed by atoms with E-state index < -0.39 is 17.4 Å². The summed E-state index contributed by atoms with van der Waals surface area (Å²) in [6.07, 6.45) is 1.27. The normalized spacial score (nSPS) is 16.6. The summed E-state index contributed by atoms with van der Waals surface area (Å²) >= 11 is 0. The summed E-state index contributed by atoms with van der Waals surface area (Å²) in [5, 5.41) is 14.7. The molecule has 1 aliphatic heterocycles. The van der Waals surface area contributed by atoms with Gasteiger partial charge in [0.15, 0.2) is 0 Å². The Morgan fingerprint density at radius 1 is 1.03 bits per heavy atom. The molecule has 1 saturated carbocycles. The van der Waals surface area contributed by atoms with Crippen LogP contribution in [-0.2, 0) is 6.54 Å². The average molecular weight is 510 g/mol. The molecule has 0 bridgehead atoms. The van der Waals surface area contributed by atoms with E-state index in [0.29, 0.717) is 56.8 Å². The number of nitrogens with zero attached hydrogens (tertiary/aromatic N) is 3. The van der Waals surface area contributed by atoms with Crippen LogP contribution in [0, 0.1) is 5.82 Å². The predicted octanol–water partition coefficient (Wildman–Crippen LogP) is 3.05. The van der Waals surface area contributed by atoms with E-state index in [2.05, 4.69) is 20.5 Å². The molecule has 10 heteroatoms. The second-order valence-electron chi connectivity index (χ2n) is 9.86. The number of halogens is 1. The molecule has 9 nitrogen and oxygen atoms in total. The summed E-state index contributed by atoms with van der Waals surface area (Å²) in [4.78, 5) is 45.0. The molecule has 4 amide bonds. The number of aliphatic hydroxyl groups is 1. The van der Waals surface area contributed by atoms with Crippen molar-refractivity contribution in [3.63, 3.8) is 0 Å². The number of aliphatic imine (C=N–C) groups is 1. The Labute approximate surface area is 215 Å². The van der Waals surface area contributed by atoms with Crippen LogP contribution in [-0.4, -0.2) is 76.8 Å². The SMILES string of the molecule is CC(C)=NC(=O)c1cccc(CN2CCN(C(=O)c3ccc(NC(=O)NCC4(O)CC4)c(F)c3)CC2)c1. The molecular weight excluding hydrogens is 477 g/mol. The molecule has 37 heavy (non-hydrogen) atoms. The third kappa shape index (κ3) is 7.21. The molecule has 2 aliphatic rings. The molecule has 1 aliphatic carbocycles. The van der Waals surface area contributed by atoms with Gasteiger partial charge in [-0.15, -0.1) is 0 Å². The van der Waals surface area contributed by atoms with Gasteiger partial charge in [0.25, 0.3) is 11.8 Å². The van der Waals surface area contributed by atoms with Crippen molar-refractivity contribution < 1.29 is 23.9 Å². The minimum Gasteiger partial charge on any atom is -0.388 e. The molecule has 0 radical (unpaired) electrons. The molecule has 0 aromatic heterocycles. The highest BCUT2D eigenvalue weighted by atomic mass is 19.1. The fourth-order valence-electron chi connectivity index (χ4n) is 4.10. The van der Waals surface area contributed by atoms with Crippen molar-refractivity contribution in [2.75, 3.05) is 38.0 Å². The van der Waals surface area contributed by atoms with Crippen molar-refractivity contribution in [2.45, 2.75) is 38.8 Å². The maximum absolute atomic E-state index is 14.6. The molecule has 4 rings (SSSR count). The van der Waals surface area contributed by atoms with Gasteiger partial charge in [0, 0.05) is 56.1 Å². The van der Waals surface area contributed by atoms with Gasteiger partial charge in [-0.05, 0) is 62.6 Å². The summed E-state index contributed by atoms with van der Waals surface area (Å²) < 4.78 is 14.6. The monoisotopic (exact) mass is 509 g/mol. The minimum atomic E-state index is -0.845. The van der Waals surface area contributed by atoms with Gasteiger partial charge < -0.3 is 20.6 Å². The van der Waals surface area contributed by atoms with E-state index in [1.54, 1.807) is 24.8 Å². The van der Waals surface area contributed by atoms with Gasteiger partial charge in [-0.1, -0.05) is 12.1 Å². The van der Waals surface area contributed by atoms with Crippen LogP contribution in [0.1, 0.15) is 53.0 Å². The quantitative estimate of drug-likeness (QED) is 0.497. The topological polar surface area (TPSA) is 114 Å². The van der Waals surface area contributed by atoms with Gasteiger partial charge in [-0.25, -0.2) is 14.2 Å². The second-order valence-corrected chi connectivity index (χ2v) is 9.86. The molecule has 1 saturated heterocycles. The van der Waals surface area contributed by atoms with Crippen molar-refractivity contribution in [3.8, 4) is 0 Å². The number of amides is 4. The van der Waals surface area contributed by atoms with E-state index in [1.165, 1.54) is 12.1 Å². The van der Waals surface area contributed by atoms with E-state index in [0.717, 1.165) is 11.6 Å². The van der Waals surface area contributed by atoms with Crippen LogP contribution < -0.4 is 10.6 Å². The number of hydrogen-bond donors (Lipinski definition) is 3. The molecular formula is C27H32FN5O4. The molecule has 2 fully saturated rings. The Bertz CT molecular complexity index is 1220. The van der Waals surface area contributed by atoms with Crippen molar-refractivity contribution >= 4 is 29.2 Å². The largest absolute Gasteiger partial charge is 0.388 e. The highest BCUT2D eigenvalue weighted by Gasteiger charge is 2.40. The summed E-state index contributed by atoms with van der Waals surface area (Å²) in [5.41, 5.74) is 1.57. The van der Waals surface area contributed by atoms with Crippen LogP contribution in [0.3, 0.4) is 0 Å². The Kier molecular flexibility index (Phi) is 7.99. The minimum absolute atomic E-state index is 0.0397. The molecule has 0 atom stereocenters. The molecule has 0 spiro atoms. The molecule has 2 aromatic rings. The van der Waals surface area contributed by atoms with E-state index in [1.807, 2.05) is 18.2 Å². The molecule has 1 heterocycles. The van der Waals surface area contributed by atoms with Crippen LogP contribution in [0.5, 0.6) is 0 Å². The number of benzene rings is 2. The number of carbonyl (C=O) groups excluding carboxylic acids is 3. The van der Waals surface area contributed by atoms with Gasteiger partial charge in [0.2, 0.25) is 0 Å². The zero-order valence-corrected chi connectivity index (χ0v) is 21.1. The van der Waals surface area contributed by atoms with E-state index >= 15 is 0 Å².